The third kappa shape index (κ3) is 4.31. The zero-order chi connectivity index (χ0) is 19.4. The maximum absolute atomic E-state index is 12.7. The Morgan fingerprint density at radius 2 is 1.85 bits per heavy atom. The molecule has 1 N–H and O–H groups in total. The maximum Gasteiger partial charge on any atom is 0.338 e. The van der Waals surface area contributed by atoms with Crippen LogP contribution < -0.4 is 5.32 Å². The van der Waals surface area contributed by atoms with Crippen molar-refractivity contribution in [2.45, 2.75) is 26.4 Å². The van der Waals surface area contributed by atoms with Crippen molar-refractivity contribution in [3.8, 4) is 0 Å². The number of benzene rings is 2. The van der Waals surface area contributed by atoms with Crippen LogP contribution in [0.2, 0.25) is 5.02 Å². The van der Waals surface area contributed by atoms with Crippen LogP contribution in [0.1, 0.15) is 31.0 Å². The first-order chi connectivity index (χ1) is 13.0. The molecule has 6 heteroatoms. The van der Waals surface area contributed by atoms with Gasteiger partial charge in [-0.3, -0.25) is 0 Å². The Morgan fingerprint density at radius 1 is 1.19 bits per heavy atom. The van der Waals surface area contributed by atoms with E-state index in [0.29, 0.717) is 28.9 Å². The molecule has 1 aliphatic rings. The molecule has 0 radical (unpaired) electrons. The summed E-state index contributed by atoms with van der Waals surface area (Å²) in [5.41, 5.74) is 3.36. The summed E-state index contributed by atoms with van der Waals surface area (Å²) in [4.78, 5) is 14.7. The number of thiocarbonyl (C=S) groups is 1. The number of hydrogen-bond acceptors (Lipinski definition) is 3. The monoisotopic (exact) mass is 400 g/mol. The van der Waals surface area contributed by atoms with Crippen LogP contribution in [0.5, 0.6) is 0 Å². The van der Waals surface area contributed by atoms with Crippen molar-refractivity contribution in [2.24, 2.45) is 0 Å². The summed E-state index contributed by atoms with van der Waals surface area (Å²) in [7, 11) is 0. The lowest BCUT2D eigenvalue weighted by Gasteiger charge is -2.37. The number of carbonyl (C=O) groups is 1. The fourth-order valence-electron chi connectivity index (χ4n) is 3.12. The first kappa shape index (κ1) is 19.4. The first-order valence-electron chi connectivity index (χ1n) is 8.76. The lowest BCUT2D eigenvalue weighted by Crippen LogP contribution is -2.47. The lowest BCUT2D eigenvalue weighted by atomic mass is 9.95. The quantitative estimate of drug-likeness (QED) is 0.586. The van der Waals surface area contributed by atoms with Crippen molar-refractivity contribution >= 4 is 34.9 Å². The number of nitrogens with zero attached hydrogens (tertiary/aromatic N) is 1. The van der Waals surface area contributed by atoms with Crippen molar-refractivity contribution in [2.75, 3.05) is 6.61 Å². The summed E-state index contributed by atoms with van der Waals surface area (Å²) >= 11 is 11.6. The van der Waals surface area contributed by atoms with E-state index in [2.05, 4.69) is 5.32 Å². The predicted octanol–water partition coefficient (Wildman–Crippen LogP) is 4.61. The van der Waals surface area contributed by atoms with Crippen LogP contribution >= 0.6 is 23.8 Å². The maximum atomic E-state index is 12.7. The molecule has 2 aromatic carbocycles. The third-order valence-electron chi connectivity index (χ3n) is 4.48. The molecule has 3 rings (SSSR count). The number of nitrogens with one attached hydrogen (secondary N) is 1. The van der Waals surface area contributed by atoms with Crippen molar-refractivity contribution in [1.29, 1.82) is 0 Å². The van der Waals surface area contributed by atoms with Crippen LogP contribution in [0, 0.1) is 0 Å². The van der Waals surface area contributed by atoms with Gasteiger partial charge in [-0.1, -0.05) is 54.1 Å². The number of halogens is 1. The van der Waals surface area contributed by atoms with Gasteiger partial charge in [0.15, 0.2) is 5.11 Å². The second kappa shape index (κ2) is 8.55. The molecule has 4 nitrogen and oxygen atoms in total. The standard InChI is InChI=1S/C21H21ClN2O2S/c1-3-26-20(25)18-14(2)24(13-15-7-5-4-6-8-15)21(27)23-19(18)16-9-11-17(22)12-10-16/h4-12,19H,3,13H2,1-2H3,(H,23,27). The van der Waals surface area contributed by atoms with Crippen LogP contribution in [-0.4, -0.2) is 22.6 Å². The van der Waals surface area contributed by atoms with Crippen molar-refractivity contribution in [3.63, 3.8) is 0 Å². The van der Waals surface area contributed by atoms with Gasteiger partial charge in [-0.05, 0) is 49.3 Å². The minimum atomic E-state index is -0.374. The van der Waals surface area contributed by atoms with Gasteiger partial charge in [0.05, 0.1) is 18.2 Å². The highest BCUT2D eigenvalue weighted by Crippen LogP contribution is 2.32. The van der Waals surface area contributed by atoms with Crippen LogP contribution in [0.15, 0.2) is 65.9 Å². The molecule has 0 fully saturated rings. The van der Waals surface area contributed by atoms with Gasteiger partial charge in [0.25, 0.3) is 0 Å². The topological polar surface area (TPSA) is 41.6 Å². The Bertz CT molecular complexity index is 866. The molecule has 1 heterocycles. The number of ether oxygens (including phenoxy) is 1. The highest BCUT2D eigenvalue weighted by molar-refractivity contribution is 7.80. The van der Waals surface area contributed by atoms with Crippen molar-refractivity contribution in [3.05, 3.63) is 82.0 Å². The zero-order valence-corrected chi connectivity index (χ0v) is 16.8. The average Bonchev–Trinajstić information content (AvgIpc) is 2.66. The fourth-order valence-corrected chi connectivity index (χ4v) is 3.56. The van der Waals surface area contributed by atoms with Gasteiger partial charge in [0, 0.05) is 17.3 Å². The second-order valence-corrected chi connectivity index (χ2v) is 7.05. The van der Waals surface area contributed by atoms with E-state index in [0.717, 1.165) is 16.8 Å². The van der Waals surface area contributed by atoms with E-state index in [4.69, 9.17) is 28.6 Å². The molecule has 0 aromatic heterocycles. The molecule has 0 bridgehead atoms. The second-order valence-electron chi connectivity index (χ2n) is 6.23. The summed E-state index contributed by atoms with van der Waals surface area (Å²) in [6, 6.07) is 17.0. The molecule has 0 saturated carbocycles. The number of rotatable bonds is 5. The fraction of sp³-hybridized carbons (Fsp3) is 0.238. The van der Waals surface area contributed by atoms with Gasteiger partial charge in [-0.25, -0.2) is 4.79 Å². The van der Waals surface area contributed by atoms with Crippen molar-refractivity contribution in [1.82, 2.24) is 10.2 Å². The Kier molecular flexibility index (Phi) is 6.14. The first-order valence-corrected chi connectivity index (χ1v) is 9.55. The zero-order valence-electron chi connectivity index (χ0n) is 15.2. The third-order valence-corrected chi connectivity index (χ3v) is 5.07. The number of hydrogen-bond donors (Lipinski definition) is 1. The highest BCUT2D eigenvalue weighted by Gasteiger charge is 2.34. The molecule has 1 aliphatic heterocycles. The summed E-state index contributed by atoms with van der Waals surface area (Å²) in [5, 5.41) is 4.51. The number of esters is 1. The Hall–Kier alpha value is -2.37. The molecule has 0 saturated heterocycles. The molecule has 2 aromatic rings. The smallest absolute Gasteiger partial charge is 0.338 e. The van der Waals surface area contributed by atoms with Gasteiger partial charge >= 0.3 is 5.97 Å². The predicted molar refractivity (Wildman–Crippen MR) is 111 cm³/mol. The van der Waals surface area contributed by atoms with E-state index in [1.807, 2.05) is 54.3 Å². The number of carbonyl (C=O) groups excluding carboxylic acids is 1. The molecular weight excluding hydrogens is 380 g/mol. The largest absolute Gasteiger partial charge is 0.463 e. The Morgan fingerprint density at radius 3 is 2.48 bits per heavy atom. The van der Waals surface area contributed by atoms with Crippen molar-refractivity contribution < 1.29 is 9.53 Å². The van der Waals surface area contributed by atoms with E-state index in [-0.39, 0.29) is 12.0 Å². The summed E-state index contributed by atoms with van der Waals surface area (Å²) in [6.07, 6.45) is 0. The molecule has 27 heavy (non-hydrogen) atoms. The molecule has 0 spiro atoms. The Balaban J connectivity index is 2.02. The van der Waals surface area contributed by atoms with Gasteiger partial charge in [0.2, 0.25) is 0 Å². The van der Waals surface area contributed by atoms with E-state index in [1.54, 1.807) is 19.1 Å². The van der Waals surface area contributed by atoms with Crippen LogP contribution in [0.25, 0.3) is 0 Å². The van der Waals surface area contributed by atoms with Gasteiger partial charge in [-0.2, -0.15) is 0 Å². The normalized spacial score (nSPS) is 16.9. The molecule has 0 aliphatic carbocycles. The van der Waals surface area contributed by atoms with Crippen LogP contribution in [-0.2, 0) is 16.1 Å². The molecule has 0 amide bonds. The SMILES string of the molecule is CCOC(=O)C1=C(C)N(Cc2ccccc2)C(=S)NC1c1ccc(Cl)cc1. The highest BCUT2D eigenvalue weighted by atomic mass is 35.5. The molecule has 1 unspecified atom stereocenters. The summed E-state index contributed by atoms with van der Waals surface area (Å²) < 4.78 is 5.33. The van der Waals surface area contributed by atoms with E-state index in [9.17, 15) is 4.79 Å². The van der Waals surface area contributed by atoms with E-state index >= 15 is 0 Å². The van der Waals surface area contributed by atoms with Gasteiger partial charge in [-0.15, -0.1) is 0 Å². The summed E-state index contributed by atoms with van der Waals surface area (Å²) in [5.74, 6) is -0.344. The van der Waals surface area contributed by atoms with Crippen LogP contribution in [0.4, 0.5) is 0 Å². The average molecular weight is 401 g/mol. The van der Waals surface area contributed by atoms with E-state index < -0.39 is 0 Å². The molecule has 1 atom stereocenters. The minimum absolute atomic E-state index is 0.312. The molecule has 140 valence electrons. The minimum Gasteiger partial charge on any atom is -0.463 e. The lowest BCUT2D eigenvalue weighted by molar-refractivity contribution is -0.139. The van der Waals surface area contributed by atoms with Gasteiger partial charge < -0.3 is 15.0 Å². The molecular formula is C21H21ClN2O2S. The summed E-state index contributed by atoms with van der Waals surface area (Å²) in [6.45, 7) is 4.60. The van der Waals surface area contributed by atoms with E-state index in [1.165, 1.54) is 0 Å². The number of allylic oxidation sites excluding steroid dienone is 1. The van der Waals surface area contributed by atoms with Gasteiger partial charge in [0.1, 0.15) is 0 Å². The van der Waals surface area contributed by atoms with Crippen LogP contribution in [0.3, 0.4) is 0 Å². The Labute approximate surface area is 169 Å².